The van der Waals surface area contributed by atoms with E-state index in [2.05, 4.69) is 12.6 Å². The first kappa shape index (κ1) is 15.0. The van der Waals surface area contributed by atoms with Crippen molar-refractivity contribution < 1.29 is 14.7 Å². The number of carbonyl (C=O) groups is 2. The molecule has 0 saturated heterocycles. The molecule has 6 heteroatoms. The summed E-state index contributed by atoms with van der Waals surface area (Å²) in [5, 5.41) is 9.86. The Labute approximate surface area is 127 Å². The monoisotopic (exact) mass is 309 g/mol. The minimum Gasteiger partial charge on any atom is -0.479 e. The van der Waals surface area contributed by atoms with Crippen LogP contribution < -0.4 is 0 Å². The van der Waals surface area contributed by atoms with Gasteiger partial charge in [-0.25, -0.2) is 4.79 Å². The molecule has 0 amide bonds. The summed E-state index contributed by atoms with van der Waals surface area (Å²) in [7, 11) is 0. The second kappa shape index (κ2) is 6.37. The Morgan fingerprint density at radius 3 is 2.55 bits per heavy atom. The first-order valence-corrected chi connectivity index (χ1v) is 7.58. The number of thioether (sulfide) groups is 1. The highest BCUT2D eigenvalue weighted by molar-refractivity contribution is 8.03. The summed E-state index contributed by atoms with van der Waals surface area (Å²) in [4.78, 5) is 25.4. The molecule has 20 heavy (non-hydrogen) atoms. The molecule has 3 atom stereocenters. The van der Waals surface area contributed by atoms with E-state index in [1.54, 1.807) is 47.7 Å². The number of rotatable bonds is 5. The van der Waals surface area contributed by atoms with Crippen molar-refractivity contribution in [3.63, 3.8) is 0 Å². The van der Waals surface area contributed by atoms with E-state index in [0.717, 1.165) is 0 Å². The van der Waals surface area contributed by atoms with Crippen LogP contribution in [0, 0.1) is 0 Å². The van der Waals surface area contributed by atoms with Crippen LogP contribution in [0.15, 0.2) is 41.9 Å². The lowest BCUT2D eigenvalue weighted by Crippen LogP contribution is -2.48. The van der Waals surface area contributed by atoms with Crippen LogP contribution in [0.25, 0.3) is 0 Å². The van der Waals surface area contributed by atoms with Gasteiger partial charge in [0.2, 0.25) is 0 Å². The predicted molar refractivity (Wildman–Crippen MR) is 83.0 cm³/mol. The van der Waals surface area contributed by atoms with E-state index in [-0.39, 0.29) is 11.0 Å². The Morgan fingerprint density at radius 2 is 2.00 bits per heavy atom. The molecule has 0 aliphatic carbocycles. The maximum absolute atomic E-state index is 12.6. The molecule has 4 nitrogen and oxygen atoms in total. The molecule has 0 aromatic heterocycles. The third kappa shape index (κ3) is 3.02. The van der Waals surface area contributed by atoms with Gasteiger partial charge in [0.25, 0.3) is 0 Å². The third-order valence-corrected chi connectivity index (χ3v) is 4.29. The number of ketones is 1. The van der Waals surface area contributed by atoms with E-state index < -0.39 is 17.4 Å². The van der Waals surface area contributed by atoms with E-state index in [9.17, 15) is 14.7 Å². The Kier molecular flexibility index (Phi) is 4.77. The summed E-state index contributed by atoms with van der Waals surface area (Å²) in [5.74, 6) is -1.08. The van der Waals surface area contributed by atoms with E-state index >= 15 is 0 Å². The average Bonchev–Trinajstić information content (AvgIpc) is 2.88. The Bertz CT molecular complexity index is 530. The molecule has 2 rings (SSSR count). The van der Waals surface area contributed by atoms with Crippen LogP contribution in [-0.4, -0.2) is 38.4 Å². The van der Waals surface area contributed by atoms with Crippen LogP contribution in [0.3, 0.4) is 0 Å². The van der Waals surface area contributed by atoms with Gasteiger partial charge in [-0.3, -0.25) is 4.79 Å². The number of hydrogen-bond acceptors (Lipinski definition) is 5. The highest BCUT2D eigenvalue weighted by Crippen LogP contribution is 2.30. The van der Waals surface area contributed by atoms with Crippen molar-refractivity contribution in [3.05, 3.63) is 47.5 Å². The molecule has 1 heterocycles. The van der Waals surface area contributed by atoms with Crippen LogP contribution in [0.2, 0.25) is 0 Å². The zero-order valence-electron chi connectivity index (χ0n) is 10.8. The highest BCUT2D eigenvalue weighted by atomic mass is 32.2. The van der Waals surface area contributed by atoms with E-state index in [4.69, 9.17) is 0 Å². The molecule has 1 aliphatic heterocycles. The number of Topliss-reactive ketones (excluding diaryl/α,β-unsaturated/α-hetero) is 1. The number of nitrogens with zero attached hydrogens (tertiary/aromatic N) is 1. The molecule has 3 unspecified atom stereocenters. The number of aliphatic carboxylic acids is 1. The molecule has 1 aromatic carbocycles. The minimum absolute atomic E-state index is 0.119. The zero-order valence-corrected chi connectivity index (χ0v) is 12.6. The van der Waals surface area contributed by atoms with Crippen molar-refractivity contribution in [3.8, 4) is 0 Å². The lowest BCUT2D eigenvalue weighted by Gasteiger charge is -2.32. The maximum atomic E-state index is 12.6. The minimum atomic E-state index is -0.958. The lowest BCUT2D eigenvalue weighted by atomic mass is 10.0. The van der Waals surface area contributed by atoms with E-state index in [1.807, 2.05) is 6.07 Å². The standard InChI is InChI=1S/C14H15NO3S2/c1-9(19)11(12(16)10-5-3-2-4-6-10)15-7-8-20-13(15)14(17)18/h2-9,11,13,19H,1H3,(H,17,18). The van der Waals surface area contributed by atoms with Crippen LogP contribution in [0.5, 0.6) is 0 Å². The van der Waals surface area contributed by atoms with Gasteiger partial charge < -0.3 is 10.0 Å². The van der Waals surface area contributed by atoms with Gasteiger partial charge in [-0.2, -0.15) is 12.6 Å². The van der Waals surface area contributed by atoms with Crippen molar-refractivity contribution in [2.75, 3.05) is 0 Å². The fourth-order valence-electron chi connectivity index (χ4n) is 2.13. The second-order valence-corrected chi connectivity index (χ2v) is 6.28. The van der Waals surface area contributed by atoms with Crippen molar-refractivity contribution in [1.82, 2.24) is 4.90 Å². The number of thiol groups is 1. The Morgan fingerprint density at radius 1 is 1.35 bits per heavy atom. The van der Waals surface area contributed by atoms with Crippen molar-refractivity contribution >= 4 is 36.1 Å². The van der Waals surface area contributed by atoms with Crippen LogP contribution in [0.4, 0.5) is 0 Å². The van der Waals surface area contributed by atoms with Gasteiger partial charge in [0.1, 0.15) is 6.04 Å². The van der Waals surface area contributed by atoms with Crippen LogP contribution in [-0.2, 0) is 4.79 Å². The maximum Gasteiger partial charge on any atom is 0.337 e. The molecule has 0 radical (unpaired) electrons. The van der Waals surface area contributed by atoms with E-state index in [0.29, 0.717) is 5.56 Å². The molecule has 1 aromatic rings. The molecule has 106 valence electrons. The quantitative estimate of drug-likeness (QED) is 0.646. The summed E-state index contributed by atoms with van der Waals surface area (Å²) in [6.07, 6.45) is 1.65. The second-order valence-electron chi connectivity index (χ2n) is 4.47. The topological polar surface area (TPSA) is 57.6 Å². The summed E-state index contributed by atoms with van der Waals surface area (Å²) < 4.78 is 0. The summed E-state index contributed by atoms with van der Waals surface area (Å²) >= 11 is 5.54. The summed E-state index contributed by atoms with van der Waals surface area (Å²) in [6.45, 7) is 1.80. The molecular formula is C14H15NO3S2. The highest BCUT2D eigenvalue weighted by Gasteiger charge is 2.38. The molecule has 1 N–H and O–H groups in total. The normalized spacial score (nSPS) is 20.7. The Balaban J connectivity index is 2.30. The van der Waals surface area contributed by atoms with Crippen molar-refractivity contribution in [1.29, 1.82) is 0 Å². The van der Waals surface area contributed by atoms with Crippen molar-refractivity contribution in [2.24, 2.45) is 0 Å². The molecule has 0 fully saturated rings. The van der Waals surface area contributed by atoms with Gasteiger partial charge in [-0.1, -0.05) is 49.0 Å². The largest absolute Gasteiger partial charge is 0.479 e. The molecule has 0 bridgehead atoms. The fraction of sp³-hybridized carbons (Fsp3) is 0.286. The van der Waals surface area contributed by atoms with Gasteiger partial charge in [0.15, 0.2) is 11.2 Å². The number of carboxylic acids is 1. The smallest absolute Gasteiger partial charge is 0.337 e. The van der Waals surface area contributed by atoms with Crippen LogP contribution in [0.1, 0.15) is 17.3 Å². The fourth-order valence-corrected chi connectivity index (χ4v) is 3.24. The molecule has 1 aliphatic rings. The van der Waals surface area contributed by atoms with Crippen LogP contribution >= 0.6 is 24.4 Å². The van der Waals surface area contributed by atoms with Gasteiger partial charge in [0, 0.05) is 17.0 Å². The first-order chi connectivity index (χ1) is 9.52. The molecule has 0 saturated carbocycles. The van der Waals surface area contributed by atoms with Gasteiger partial charge in [-0.05, 0) is 5.41 Å². The summed E-state index contributed by atoms with van der Waals surface area (Å²) in [6, 6.07) is 8.27. The number of carboxylic acid groups (broad SMARTS) is 1. The molecule has 0 spiro atoms. The SMILES string of the molecule is CC(S)C(C(=O)c1ccccc1)N1C=CSC1C(=O)O. The Hall–Kier alpha value is -1.40. The van der Waals surface area contributed by atoms with Gasteiger partial charge in [-0.15, -0.1) is 0 Å². The number of hydrogen-bond donors (Lipinski definition) is 2. The first-order valence-electron chi connectivity index (χ1n) is 6.12. The molecular weight excluding hydrogens is 294 g/mol. The van der Waals surface area contributed by atoms with Gasteiger partial charge in [0.05, 0.1) is 0 Å². The zero-order chi connectivity index (χ0) is 14.7. The lowest BCUT2D eigenvalue weighted by molar-refractivity contribution is -0.139. The summed E-state index contributed by atoms with van der Waals surface area (Å²) in [5.41, 5.74) is 0.563. The number of benzene rings is 1. The van der Waals surface area contributed by atoms with Crippen molar-refractivity contribution in [2.45, 2.75) is 23.6 Å². The van der Waals surface area contributed by atoms with E-state index in [1.165, 1.54) is 11.8 Å². The number of carbonyl (C=O) groups excluding carboxylic acids is 1. The van der Waals surface area contributed by atoms with Gasteiger partial charge >= 0.3 is 5.97 Å². The average molecular weight is 309 g/mol. The predicted octanol–water partition coefficient (Wildman–Crippen LogP) is 2.49. The third-order valence-electron chi connectivity index (χ3n) is 3.03.